The van der Waals surface area contributed by atoms with E-state index in [1.54, 1.807) is 16.3 Å². The van der Waals surface area contributed by atoms with Crippen molar-refractivity contribution in [3.8, 4) is 22.5 Å². The summed E-state index contributed by atoms with van der Waals surface area (Å²) in [6, 6.07) is 0. The summed E-state index contributed by atoms with van der Waals surface area (Å²) in [6.07, 6.45) is 5.37. The molecule has 6 heterocycles. The van der Waals surface area contributed by atoms with Gasteiger partial charge in [0.2, 0.25) is 11.5 Å². The number of hydrogen-bond acceptors (Lipinski definition) is 9. The first-order valence-corrected chi connectivity index (χ1v) is 22.1. The van der Waals surface area contributed by atoms with Gasteiger partial charge in [0.25, 0.3) is 0 Å². The number of aryl methyl sites for hydroxylation is 4. The van der Waals surface area contributed by atoms with Gasteiger partial charge in [-0.2, -0.15) is 36.5 Å². The first-order valence-electron chi connectivity index (χ1n) is 22.1. The second-order valence-corrected chi connectivity index (χ2v) is 18.1. The van der Waals surface area contributed by atoms with Crippen LogP contribution >= 0.6 is 0 Å². The summed E-state index contributed by atoms with van der Waals surface area (Å²) in [6.45, 7) is 9.57. The van der Waals surface area contributed by atoms with Crippen molar-refractivity contribution in [1.29, 1.82) is 0 Å². The third-order valence-electron chi connectivity index (χ3n) is 13.3. The van der Waals surface area contributed by atoms with E-state index in [1.807, 2.05) is 12.4 Å². The molecule has 6 aliphatic rings. The SMILES string of the molecule is CCOC(=O)c1oc2c(c1C(F)(F)F)-c1nn(CC3CCN(CC4CC4)CC3)cc1CC2.O=C(O)c1oc2c(c1C(F)(F)F)-c1nn(CC3CCN(CC4CC4)CC3)cc1CC2. The van der Waals surface area contributed by atoms with Gasteiger partial charge in [0.1, 0.15) is 22.6 Å². The molecule has 2 aliphatic heterocycles. The van der Waals surface area contributed by atoms with Gasteiger partial charge in [-0.1, -0.05) is 0 Å². The molecule has 0 atom stereocenters. The molecule has 4 fully saturated rings. The van der Waals surface area contributed by atoms with Crippen LogP contribution in [0.4, 0.5) is 26.3 Å². The maximum absolute atomic E-state index is 14.0. The van der Waals surface area contributed by atoms with E-state index >= 15 is 0 Å². The van der Waals surface area contributed by atoms with E-state index < -0.39 is 46.9 Å². The quantitative estimate of drug-likeness (QED) is 0.115. The Balaban J connectivity index is 0.000000158. The maximum Gasteiger partial charge on any atom is 0.421 e. The molecular weight excluding hydrogens is 823 g/mol. The number of halogens is 6. The largest absolute Gasteiger partial charge is 0.475 e. The lowest BCUT2D eigenvalue weighted by molar-refractivity contribution is -0.138. The van der Waals surface area contributed by atoms with Crippen LogP contribution in [0.25, 0.3) is 22.5 Å². The first-order chi connectivity index (χ1) is 29.6. The minimum absolute atomic E-state index is 0.0269. The highest BCUT2D eigenvalue weighted by molar-refractivity contribution is 5.92. The number of carbonyl (C=O) groups excluding carboxylic acids is 1. The highest BCUT2D eigenvalue weighted by Gasteiger charge is 2.47. The lowest BCUT2D eigenvalue weighted by atomic mass is 9.93. The van der Waals surface area contributed by atoms with E-state index in [1.165, 1.54) is 38.8 Å². The number of fused-ring (bicyclic) bond motifs is 6. The molecule has 4 aromatic rings. The first kappa shape index (κ1) is 42.7. The number of rotatable bonds is 11. The number of furan rings is 2. The molecule has 10 rings (SSSR count). The number of esters is 1. The van der Waals surface area contributed by atoms with Crippen LogP contribution < -0.4 is 0 Å². The number of aromatic carboxylic acids is 1. The van der Waals surface area contributed by atoms with Crippen molar-refractivity contribution in [2.75, 3.05) is 45.9 Å². The fourth-order valence-electron chi connectivity index (χ4n) is 9.80. The Morgan fingerprint density at radius 1 is 0.645 bits per heavy atom. The second kappa shape index (κ2) is 16.8. The molecule has 0 amide bonds. The Hall–Kier alpha value is -4.58. The van der Waals surface area contributed by atoms with Gasteiger partial charge in [0.15, 0.2) is 0 Å². The number of carbonyl (C=O) groups is 2. The summed E-state index contributed by atoms with van der Waals surface area (Å²) >= 11 is 0. The number of nitrogens with zero attached hydrogens (tertiary/aromatic N) is 6. The number of ether oxygens (including phenoxy) is 1. The van der Waals surface area contributed by atoms with Crippen LogP contribution in [-0.4, -0.2) is 92.3 Å². The predicted octanol–water partition coefficient (Wildman–Crippen LogP) is 8.64. The van der Waals surface area contributed by atoms with Gasteiger partial charge in [-0.25, -0.2) is 9.59 Å². The molecule has 4 aliphatic carbocycles. The van der Waals surface area contributed by atoms with Gasteiger partial charge >= 0.3 is 24.3 Å². The molecule has 2 saturated heterocycles. The van der Waals surface area contributed by atoms with Crippen molar-refractivity contribution in [3.05, 3.63) is 57.7 Å². The third-order valence-corrected chi connectivity index (χ3v) is 13.3. The fraction of sp³-hybridized carbons (Fsp3) is 0.636. The van der Waals surface area contributed by atoms with Gasteiger partial charge in [0.05, 0.1) is 29.1 Å². The summed E-state index contributed by atoms with van der Waals surface area (Å²) in [7, 11) is 0. The summed E-state index contributed by atoms with van der Waals surface area (Å²) in [5.41, 5.74) is -0.591. The normalized spacial score (nSPS) is 19.9. The Bertz CT molecular complexity index is 2280. The number of alkyl halides is 6. The van der Waals surface area contributed by atoms with Gasteiger partial charge in [0, 0.05) is 51.4 Å². The Kier molecular flexibility index (Phi) is 11.6. The van der Waals surface area contributed by atoms with Crippen LogP contribution in [-0.2, 0) is 55.9 Å². The van der Waals surface area contributed by atoms with E-state index in [9.17, 15) is 41.0 Å². The van der Waals surface area contributed by atoms with Crippen LogP contribution in [0.2, 0.25) is 0 Å². The average molecular weight is 875 g/mol. The van der Waals surface area contributed by atoms with Crippen LogP contribution in [0.15, 0.2) is 21.2 Å². The molecule has 4 aromatic heterocycles. The molecule has 2 saturated carbocycles. The molecule has 1 N–H and O–H groups in total. The molecule has 336 valence electrons. The summed E-state index contributed by atoms with van der Waals surface area (Å²) in [4.78, 5) is 28.6. The molecule has 0 unspecified atom stereocenters. The monoisotopic (exact) mass is 874 g/mol. The molecule has 12 nitrogen and oxygen atoms in total. The molecule has 0 spiro atoms. The van der Waals surface area contributed by atoms with Crippen LogP contribution in [0, 0.1) is 23.7 Å². The second-order valence-electron chi connectivity index (χ2n) is 18.1. The van der Waals surface area contributed by atoms with Crippen LogP contribution in [0.3, 0.4) is 0 Å². The molecular formula is C44H52F6N6O6. The fourth-order valence-corrected chi connectivity index (χ4v) is 9.80. The van der Waals surface area contributed by atoms with Gasteiger partial charge in [-0.05, 0) is 132 Å². The van der Waals surface area contributed by atoms with Gasteiger partial charge in [-0.15, -0.1) is 0 Å². The van der Waals surface area contributed by atoms with Crippen molar-refractivity contribution >= 4 is 11.9 Å². The van der Waals surface area contributed by atoms with Gasteiger partial charge < -0.3 is 28.5 Å². The summed E-state index contributed by atoms with van der Waals surface area (Å²) in [5.74, 6) is -1.72. The molecule has 62 heavy (non-hydrogen) atoms. The van der Waals surface area contributed by atoms with E-state index in [0.717, 1.165) is 74.8 Å². The van der Waals surface area contributed by atoms with Crippen molar-refractivity contribution in [1.82, 2.24) is 29.4 Å². The third kappa shape index (κ3) is 9.08. The maximum atomic E-state index is 14.0. The highest BCUT2D eigenvalue weighted by atomic mass is 19.4. The van der Waals surface area contributed by atoms with E-state index in [4.69, 9.17) is 13.6 Å². The number of piperidine rings is 2. The van der Waals surface area contributed by atoms with Crippen molar-refractivity contribution in [3.63, 3.8) is 0 Å². The lowest BCUT2D eigenvalue weighted by Gasteiger charge is -2.31. The molecule has 0 aromatic carbocycles. The summed E-state index contributed by atoms with van der Waals surface area (Å²) in [5, 5.41) is 18.2. The molecule has 0 bridgehead atoms. The highest BCUT2D eigenvalue weighted by Crippen LogP contribution is 2.48. The van der Waals surface area contributed by atoms with Crippen LogP contribution in [0.1, 0.15) is 113 Å². The van der Waals surface area contributed by atoms with E-state index in [0.29, 0.717) is 44.2 Å². The Morgan fingerprint density at radius 3 is 1.44 bits per heavy atom. The van der Waals surface area contributed by atoms with E-state index in [2.05, 4.69) is 20.0 Å². The number of hydrogen-bond donors (Lipinski definition) is 1. The van der Waals surface area contributed by atoms with Crippen LogP contribution in [0.5, 0.6) is 0 Å². The number of aromatic nitrogens is 4. The zero-order valence-electron chi connectivity index (χ0n) is 34.8. The molecule has 0 radical (unpaired) electrons. The smallest absolute Gasteiger partial charge is 0.421 e. The van der Waals surface area contributed by atoms with Crippen molar-refractivity contribution < 1.29 is 54.6 Å². The Labute approximate surface area is 354 Å². The standard InChI is InChI=1S/C23H28F3N3O3.C21H24F3N3O3/c1-2-31-22(30)21-19(23(24,25)26)18-17(32-21)6-5-16-13-29(27-20(16)18)12-15-7-9-28(10-8-15)11-14-3-4-14;22-21(23,24)17-16-15(30-19(17)20(28)29)4-3-14-11-27(25-18(14)16)10-13-5-7-26(8-6-13)9-12-1-2-12/h13-15H,2-12H2,1H3;11-13H,1-10H2,(H,28,29). The summed E-state index contributed by atoms with van der Waals surface area (Å²) < 4.78 is 102. The zero-order valence-corrected chi connectivity index (χ0v) is 34.8. The predicted molar refractivity (Wildman–Crippen MR) is 211 cm³/mol. The number of carboxylic acid groups (broad SMARTS) is 1. The number of likely N-dealkylation sites (tertiary alicyclic amines) is 2. The number of carboxylic acids is 1. The van der Waals surface area contributed by atoms with Gasteiger partial charge in [-0.3, -0.25) is 9.36 Å². The van der Waals surface area contributed by atoms with E-state index in [-0.39, 0.29) is 47.1 Å². The zero-order chi connectivity index (χ0) is 43.5. The van der Waals surface area contributed by atoms with Crippen molar-refractivity contribution in [2.24, 2.45) is 23.7 Å². The van der Waals surface area contributed by atoms with Crippen molar-refractivity contribution in [2.45, 2.75) is 109 Å². The topological polar surface area (TPSA) is 132 Å². The lowest BCUT2D eigenvalue weighted by Crippen LogP contribution is -2.36. The Morgan fingerprint density at radius 2 is 1.05 bits per heavy atom. The minimum atomic E-state index is -4.82. The average Bonchev–Trinajstić information content (AvgIpc) is 4.00. The minimum Gasteiger partial charge on any atom is -0.475 e. The molecule has 18 heteroatoms.